The van der Waals surface area contributed by atoms with E-state index in [1.807, 2.05) is 31.7 Å². The molecule has 0 aromatic heterocycles. The number of nitrogens with zero attached hydrogens (tertiary/aromatic N) is 1. The molecular formula is C23H41NO5Si. The molecular weight excluding hydrogens is 398 g/mol. The summed E-state index contributed by atoms with van der Waals surface area (Å²) in [5, 5.41) is 0.0204. The van der Waals surface area contributed by atoms with E-state index in [2.05, 4.69) is 40.4 Å². The van der Waals surface area contributed by atoms with E-state index in [1.165, 1.54) is 0 Å². The molecule has 0 radical (unpaired) electrons. The third kappa shape index (κ3) is 3.87. The van der Waals surface area contributed by atoms with Gasteiger partial charge in [0.1, 0.15) is 11.2 Å². The summed E-state index contributed by atoms with van der Waals surface area (Å²) in [6.45, 7) is 22.1. The van der Waals surface area contributed by atoms with E-state index in [0.29, 0.717) is 26.1 Å². The Bertz CT molecular complexity index is 674. The Morgan fingerprint density at radius 1 is 1.20 bits per heavy atom. The van der Waals surface area contributed by atoms with Crippen LogP contribution in [0, 0.1) is 0 Å². The number of ether oxygens (including phenoxy) is 3. The van der Waals surface area contributed by atoms with Crippen LogP contribution in [0.1, 0.15) is 67.2 Å². The highest BCUT2D eigenvalue weighted by atomic mass is 28.4. The highest BCUT2D eigenvalue weighted by Gasteiger charge is 2.72. The summed E-state index contributed by atoms with van der Waals surface area (Å²) in [5.41, 5.74) is -1.28. The van der Waals surface area contributed by atoms with Gasteiger partial charge in [0.15, 0.2) is 14.1 Å². The van der Waals surface area contributed by atoms with Crippen molar-refractivity contribution >= 4 is 14.4 Å². The smallest absolute Gasteiger partial charge is 0.410 e. The SMILES string of the molecule is C=CC[C@H]1N(C(=O)OC(C)(C)C)[C@@H]2CCC3(OCCO3)[C@@]1(O[Si](C)(C)C(C)(C)C)C2. The molecule has 1 aliphatic carbocycles. The lowest BCUT2D eigenvalue weighted by atomic mass is 9.76. The largest absolute Gasteiger partial charge is 0.444 e. The monoisotopic (exact) mass is 439 g/mol. The Morgan fingerprint density at radius 2 is 1.80 bits per heavy atom. The Kier molecular flexibility index (Phi) is 6.03. The van der Waals surface area contributed by atoms with Gasteiger partial charge in [0.25, 0.3) is 0 Å². The van der Waals surface area contributed by atoms with Crippen LogP contribution in [0.4, 0.5) is 4.79 Å². The minimum atomic E-state index is -2.21. The molecule has 3 fully saturated rings. The van der Waals surface area contributed by atoms with Crippen molar-refractivity contribution in [2.24, 2.45) is 0 Å². The van der Waals surface area contributed by atoms with Gasteiger partial charge in [-0.15, -0.1) is 6.58 Å². The van der Waals surface area contributed by atoms with Crippen LogP contribution in [0.2, 0.25) is 18.1 Å². The number of rotatable bonds is 4. The maximum Gasteiger partial charge on any atom is 0.410 e. The van der Waals surface area contributed by atoms with Gasteiger partial charge < -0.3 is 18.6 Å². The van der Waals surface area contributed by atoms with Crippen LogP contribution in [0.25, 0.3) is 0 Å². The highest BCUT2D eigenvalue weighted by Crippen LogP contribution is 2.58. The summed E-state index contributed by atoms with van der Waals surface area (Å²) in [7, 11) is -2.21. The van der Waals surface area contributed by atoms with Gasteiger partial charge in [-0.05, 0) is 51.7 Å². The minimum absolute atomic E-state index is 0.0204. The molecule has 1 amide bonds. The quantitative estimate of drug-likeness (QED) is 0.443. The second kappa shape index (κ2) is 7.61. The van der Waals surface area contributed by atoms with Gasteiger partial charge in [-0.1, -0.05) is 26.8 Å². The van der Waals surface area contributed by atoms with Gasteiger partial charge in [0.2, 0.25) is 0 Å². The molecule has 0 aromatic rings. The molecule has 0 N–H and O–H groups in total. The Hall–Kier alpha value is -0.893. The summed E-state index contributed by atoms with van der Waals surface area (Å²) >= 11 is 0. The van der Waals surface area contributed by atoms with Crippen LogP contribution < -0.4 is 0 Å². The number of hydrogen-bond donors (Lipinski definition) is 0. The van der Waals surface area contributed by atoms with E-state index in [1.54, 1.807) is 0 Å². The lowest BCUT2D eigenvalue weighted by Gasteiger charge is -2.54. The maximum atomic E-state index is 13.3. The maximum absolute atomic E-state index is 13.3. The first kappa shape index (κ1) is 23.8. The molecule has 1 saturated carbocycles. The number of carbonyl (C=O) groups excluding carboxylic acids is 1. The lowest BCUT2D eigenvalue weighted by molar-refractivity contribution is -0.277. The van der Waals surface area contributed by atoms with Crippen LogP contribution in [-0.2, 0) is 18.6 Å². The first-order valence-electron chi connectivity index (χ1n) is 11.3. The topological polar surface area (TPSA) is 57.2 Å². The molecule has 172 valence electrons. The molecule has 6 nitrogen and oxygen atoms in total. The van der Waals surface area contributed by atoms with E-state index < -0.39 is 25.3 Å². The molecule has 2 aliphatic heterocycles. The van der Waals surface area contributed by atoms with Crippen molar-refractivity contribution < 1.29 is 23.4 Å². The summed E-state index contributed by atoms with van der Waals surface area (Å²) in [4.78, 5) is 15.3. The molecule has 7 heteroatoms. The minimum Gasteiger partial charge on any atom is -0.444 e. The molecule has 1 spiro atoms. The van der Waals surface area contributed by atoms with Gasteiger partial charge in [0.05, 0.1) is 19.3 Å². The van der Waals surface area contributed by atoms with E-state index in [4.69, 9.17) is 18.6 Å². The van der Waals surface area contributed by atoms with E-state index in [0.717, 1.165) is 12.8 Å². The van der Waals surface area contributed by atoms with E-state index in [9.17, 15) is 4.79 Å². The summed E-state index contributed by atoms with van der Waals surface area (Å²) in [5.74, 6) is -0.816. The van der Waals surface area contributed by atoms with Gasteiger partial charge in [0, 0.05) is 18.9 Å². The van der Waals surface area contributed by atoms with Crippen molar-refractivity contribution in [1.29, 1.82) is 0 Å². The molecule has 3 aliphatic rings. The molecule has 3 atom stereocenters. The van der Waals surface area contributed by atoms with Crippen molar-refractivity contribution in [3.8, 4) is 0 Å². The molecule has 0 aromatic carbocycles. The molecule has 3 rings (SSSR count). The molecule has 2 bridgehead atoms. The number of carbonyl (C=O) groups is 1. The zero-order valence-corrected chi connectivity index (χ0v) is 21.2. The second-order valence-electron chi connectivity index (χ2n) is 11.5. The molecule has 30 heavy (non-hydrogen) atoms. The van der Waals surface area contributed by atoms with E-state index in [-0.39, 0.29) is 23.2 Å². The van der Waals surface area contributed by atoms with Crippen LogP contribution in [0.15, 0.2) is 12.7 Å². The summed E-state index contributed by atoms with van der Waals surface area (Å²) in [6.07, 6.45) is 4.45. The van der Waals surface area contributed by atoms with Gasteiger partial charge in [-0.3, -0.25) is 4.90 Å². The van der Waals surface area contributed by atoms with Crippen LogP contribution >= 0.6 is 0 Å². The molecule has 2 saturated heterocycles. The zero-order valence-electron chi connectivity index (χ0n) is 20.2. The standard InChI is InChI=1S/C23H41NO5Si/c1-10-11-18-22(29-30(8,9)21(5,6)7)16-17(12-13-23(22)26-14-15-27-23)24(18)19(25)28-20(2,3)4/h10,17-18H,1,11-16H2,2-9H3/t17-,18-,22-/m1/s1. The number of fused-ring (bicyclic) bond motifs is 3. The summed E-state index contributed by atoms with van der Waals surface area (Å²) in [6, 6.07) is -0.183. The number of hydrogen-bond acceptors (Lipinski definition) is 5. The van der Waals surface area contributed by atoms with E-state index >= 15 is 0 Å². The number of likely N-dealkylation sites (tertiary alicyclic amines) is 1. The average Bonchev–Trinajstić information content (AvgIpc) is 3.13. The summed E-state index contributed by atoms with van der Waals surface area (Å²) < 4.78 is 25.7. The van der Waals surface area contributed by atoms with Gasteiger partial charge in [-0.25, -0.2) is 4.79 Å². The zero-order chi connectivity index (χ0) is 22.6. The number of amides is 1. The fraction of sp³-hybridized carbons (Fsp3) is 0.870. The first-order chi connectivity index (χ1) is 13.7. The lowest BCUT2D eigenvalue weighted by Crippen LogP contribution is -2.67. The third-order valence-corrected chi connectivity index (χ3v) is 11.7. The van der Waals surface area contributed by atoms with Gasteiger partial charge >= 0.3 is 6.09 Å². The van der Waals surface area contributed by atoms with Crippen molar-refractivity contribution in [3.05, 3.63) is 12.7 Å². The highest BCUT2D eigenvalue weighted by molar-refractivity contribution is 6.74. The Morgan fingerprint density at radius 3 is 2.30 bits per heavy atom. The van der Waals surface area contributed by atoms with Crippen molar-refractivity contribution in [2.75, 3.05) is 13.2 Å². The predicted octanol–water partition coefficient (Wildman–Crippen LogP) is 5.24. The van der Waals surface area contributed by atoms with Crippen molar-refractivity contribution in [1.82, 2.24) is 4.90 Å². The Balaban J connectivity index is 2.09. The fourth-order valence-corrected chi connectivity index (χ4v) is 6.57. The van der Waals surface area contributed by atoms with Crippen molar-refractivity contribution in [3.63, 3.8) is 0 Å². The molecule has 2 heterocycles. The van der Waals surface area contributed by atoms with Crippen molar-refractivity contribution in [2.45, 2.75) is 114 Å². The van der Waals surface area contributed by atoms with Crippen LogP contribution in [0.3, 0.4) is 0 Å². The normalized spacial score (nSPS) is 31.3. The Labute approximate surface area is 183 Å². The van der Waals surface area contributed by atoms with Crippen LogP contribution in [-0.4, -0.2) is 61.6 Å². The fourth-order valence-electron chi connectivity index (χ4n) is 4.97. The average molecular weight is 440 g/mol. The van der Waals surface area contributed by atoms with Crippen LogP contribution in [0.5, 0.6) is 0 Å². The molecule has 0 unspecified atom stereocenters. The first-order valence-corrected chi connectivity index (χ1v) is 14.2. The predicted molar refractivity (Wildman–Crippen MR) is 120 cm³/mol. The second-order valence-corrected chi connectivity index (χ2v) is 16.3. The van der Waals surface area contributed by atoms with Gasteiger partial charge in [-0.2, -0.15) is 0 Å². The third-order valence-electron chi connectivity index (χ3n) is 7.25.